The van der Waals surface area contributed by atoms with E-state index in [1.54, 1.807) is 26.0 Å². The lowest BCUT2D eigenvalue weighted by atomic mass is 10.1. The summed E-state index contributed by atoms with van der Waals surface area (Å²) < 4.78 is 21.6. The van der Waals surface area contributed by atoms with E-state index >= 15 is 0 Å². The molecule has 0 spiro atoms. The molecule has 3 atom stereocenters. The maximum absolute atomic E-state index is 12.1. The lowest BCUT2D eigenvalue weighted by Gasteiger charge is -2.34. The predicted molar refractivity (Wildman–Crippen MR) is 98.7 cm³/mol. The Bertz CT molecular complexity index is 1010. The van der Waals surface area contributed by atoms with Crippen molar-refractivity contribution in [2.45, 2.75) is 39.3 Å². The highest BCUT2D eigenvalue weighted by Crippen LogP contribution is 2.32. The van der Waals surface area contributed by atoms with Crippen molar-refractivity contribution >= 4 is 22.6 Å². The van der Waals surface area contributed by atoms with Crippen molar-refractivity contribution in [3.8, 4) is 5.75 Å². The van der Waals surface area contributed by atoms with Crippen LogP contribution in [0, 0.1) is 6.92 Å². The highest BCUT2D eigenvalue weighted by atomic mass is 16.7. The summed E-state index contributed by atoms with van der Waals surface area (Å²) in [5, 5.41) is 23.4. The van der Waals surface area contributed by atoms with Gasteiger partial charge in [0.1, 0.15) is 28.9 Å². The summed E-state index contributed by atoms with van der Waals surface area (Å²) in [5.41, 5.74) is 0.103. The minimum absolute atomic E-state index is 0.0371. The van der Waals surface area contributed by atoms with Gasteiger partial charge < -0.3 is 34.2 Å². The number of hydrogen-bond donors (Lipinski definition) is 3. The van der Waals surface area contributed by atoms with Crippen molar-refractivity contribution in [3.05, 3.63) is 45.7 Å². The summed E-state index contributed by atoms with van der Waals surface area (Å²) in [6.07, 6.45) is -3.87. The average Bonchev–Trinajstić information content (AvgIpc) is 2.63. The molecule has 3 N–H and O–H groups in total. The molecule has 1 unspecified atom stereocenters. The Morgan fingerprint density at radius 1 is 1.25 bits per heavy atom. The molecule has 1 aliphatic heterocycles. The van der Waals surface area contributed by atoms with Gasteiger partial charge in [0.15, 0.2) is 11.9 Å². The largest absolute Gasteiger partial charge is 0.495 e. The molecule has 0 radical (unpaired) electrons. The number of aliphatic hydroxyl groups is 2. The summed E-state index contributed by atoms with van der Waals surface area (Å²) in [7, 11) is 1.37. The van der Waals surface area contributed by atoms with Crippen molar-refractivity contribution < 1.29 is 33.6 Å². The standard InChI is InChI=1S/C19H21NO8/c1-8-13(27-19-15(23)14(22)17(25-4)9(2)26-19)6-5-11-7-12(20-10(3)21)18(24)28-16(8)11/h5-7,14-15,19,22-23H,1-4H3,(H,20,21)/t14?,15-,19-/m0/s1. The van der Waals surface area contributed by atoms with Crippen LogP contribution in [0.5, 0.6) is 5.75 Å². The Morgan fingerprint density at radius 3 is 2.61 bits per heavy atom. The maximum Gasteiger partial charge on any atom is 0.360 e. The number of amides is 1. The Morgan fingerprint density at radius 2 is 1.96 bits per heavy atom. The van der Waals surface area contributed by atoms with Gasteiger partial charge in [0.25, 0.3) is 6.29 Å². The van der Waals surface area contributed by atoms with E-state index < -0.39 is 24.1 Å². The van der Waals surface area contributed by atoms with Gasteiger partial charge in [-0.3, -0.25) is 4.79 Å². The third kappa shape index (κ3) is 3.54. The second kappa shape index (κ2) is 7.53. The number of carbonyl (C=O) groups excluding carboxylic acids is 1. The van der Waals surface area contributed by atoms with Crippen LogP contribution in [0.25, 0.3) is 11.0 Å². The highest BCUT2D eigenvalue weighted by Gasteiger charge is 2.39. The highest BCUT2D eigenvalue weighted by molar-refractivity contribution is 5.91. The molecule has 2 aromatic rings. The van der Waals surface area contributed by atoms with Crippen LogP contribution in [0.1, 0.15) is 19.4 Å². The van der Waals surface area contributed by atoms with Crippen molar-refractivity contribution in [1.82, 2.24) is 0 Å². The van der Waals surface area contributed by atoms with Crippen LogP contribution < -0.4 is 15.7 Å². The van der Waals surface area contributed by atoms with Crippen LogP contribution in [0.15, 0.2) is 38.9 Å². The summed E-state index contributed by atoms with van der Waals surface area (Å²) in [6, 6.07) is 4.76. The van der Waals surface area contributed by atoms with E-state index in [0.717, 1.165) is 0 Å². The number of nitrogens with one attached hydrogen (secondary N) is 1. The first-order chi connectivity index (χ1) is 13.2. The van der Waals surface area contributed by atoms with Gasteiger partial charge in [-0.1, -0.05) is 0 Å². The van der Waals surface area contributed by atoms with E-state index in [1.165, 1.54) is 20.1 Å². The SMILES string of the molecule is COC1=C(C)O[C@@H](Oc2ccc3cc(NC(C)=O)c(=O)oc3c2C)[C@@H](O)C1O. The fourth-order valence-corrected chi connectivity index (χ4v) is 3.01. The van der Waals surface area contributed by atoms with Gasteiger partial charge in [-0.2, -0.15) is 0 Å². The molecule has 0 aliphatic carbocycles. The molecule has 1 aromatic carbocycles. The van der Waals surface area contributed by atoms with Crippen LogP contribution >= 0.6 is 0 Å². The molecule has 150 valence electrons. The number of ether oxygens (including phenoxy) is 3. The van der Waals surface area contributed by atoms with E-state index in [-0.39, 0.29) is 28.7 Å². The molecule has 9 nitrogen and oxygen atoms in total. The van der Waals surface area contributed by atoms with E-state index in [1.807, 2.05) is 0 Å². The molecule has 9 heteroatoms. The Labute approximate surface area is 160 Å². The molecule has 1 aliphatic rings. The van der Waals surface area contributed by atoms with Crippen LogP contribution in [-0.4, -0.2) is 41.7 Å². The topological polar surface area (TPSA) is 127 Å². The number of benzene rings is 1. The fraction of sp³-hybridized carbons (Fsp3) is 0.368. The zero-order chi connectivity index (χ0) is 20.6. The summed E-state index contributed by atoms with van der Waals surface area (Å²) in [5.74, 6) is 0.325. The Kier molecular flexibility index (Phi) is 5.30. The number of allylic oxidation sites excluding steroid dienone is 1. The molecule has 2 heterocycles. The van der Waals surface area contributed by atoms with Crippen molar-refractivity contribution in [2.24, 2.45) is 0 Å². The molecule has 0 bridgehead atoms. The van der Waals surface area contributed by atoms with Crippen molar-refractivity contribution in [3.63, 3.8) is 0 Å². The molecule has 28 heavy (non-hydrogen) atoms. The number of aryl methyl sites for hydroxylation is 1. The smallest absolute Gasteiger partial charge is 0.360 e. The first-order valence-electron chi connectivity index (χ1n) is 8.52. The molecular weight excluding hydrogens is 370 g/mol. The number of rotatable bonds is 4. The molecule has 0 saturated carbocycles. The first-order valence-corrected chi connectivity index (χ1v) is 8.52. The zero-order valence-electron chi connectivity index (χ0n) is 15.8. The minimum atomic E-state index is -1.39. The number of carbonyl (C=O) groups is 1. The van der Waals surface area contributed by atoms with Crippen LogP contribution in [-0.2, 0) is 14.3 Å². The molecule has 3 rings (SSSR count). The number of fused-ring (bicyclic) bond motifs is 1. The molecule has 1 aromatic heterocycles. The number of aliphatic hydroxyl groups excluding tert-OH is 2. The first kappa shape index (κ1) is 19.7. The lowest BCUT2D eigenvalue weighted by molar-refractivity contribution is -0.175. The average molecular weight is 391 g/mol. The van der Waals surface area contributed by atoms with Gasteiger partial charge in [-0.15, -0.1) is 0 Å². The number of anilines is 1. The van der Waals surface area contributed by atoms with E-state index in [0.29, 0.717) is 16.7 Å². The predicted octanol–water partition coefficient (Wildman–Crippen LogP) is 1.39. The van der Waals surface area contributed by atoms with Gasteiger partial charge in [-0.25, -0.2) is 4.79 Å². The third-order valence-electron chi connectivity index (χ3n) is 4.39. The van der Waals surface area contributed by atoms with Crippen LogP contribution in [0.4, 0.5) is 5.69 Å². The lowest BCUT2D eigenvalue weighted by Crippen LogP contribution is -2.47. The molecular formula is C19H21NO8. The monoisotopic (exact) mass is 391 g/mol. The van der Waals surface area contributed by atoms with Gasteiger partial charge in [-0.05, 0) is 32.0 Å². The van der Waals surface area contributed by atoms with Crippen LogP contribution in [0.3, 0.4) is 0 Å². The molecule has 1 amide bonds. The van der Waals surface area contributed by atoms with Crippen LogP contribution in [0.2, 0.25) is 0 Å². The number of hydrogen-bond acceptors (Lipinski definition) is 8. The quantitative estimate of drug-likeness (QED) is 0.668. The summed E-state index contributed by atoms with van der Waals surface area (Å²) in [6.45, 7) is 4.55. The second-order valence-corrected chi connectivity index (χ2v) is 6.40. The Hall–Kier alpha value is -3.04. The van der Waals surface area contributed by atoms with Gasteiger partial charge in [0.2, 0.25) is 5.91 Å². The fourth-order valence-electron chi connectivity index (χ4n) is 3.01. The van der Waals surface area contributed by atoms with Gasteiger partial charge in [0, 0.05) is 17.9 Å². The zero-order valence-corrected chi connectivity index (χ0v) is 15.8. The van der Waals surface area contributed by atoms with E-state index in [9.17, 15) is 19.8 Å². The second-order valence-electron chi connectivity index (χ2n) is 6.40. The van der Waals surface area contributed by atoms with E-state index in [4.69, 9.17) is 18.6 Å². The van der Waals surface area contributed by atoms with Crippen molar-refractivity contribution in [1.29, 1.82) is 0 Å². The molecule has 0 saturated heterocycles. The Balaban J connectivity index is 1.94. The van der Waals surface area contributed by atoms with Gasteiger partial charge >= 0.3 is 5.63 Å². The molecule has 0 fully saturated rings. The third-order valence-corrected chi connectivity index (χ3v) is 4.39. The maximum atomic E-state index is 12.1. The summed E-state index contributed by atoms with van der Waals surface area (Å²) >= 11 is 0. The van der Waals surface area contributed by atoms with Crippen molar-refractivity contribution in [2.75, 3.05) is 12.4 Å². The summed E-state index contributed by atoms with van der Waals surface area (Å²) in [4.78, 5) is 23.3. The van der Waals surface area contributed by atoms with E-state index in [2.05, 4.69) is 5.32 Å². The van der Waals surface area contributed by atoms with Gasteiger partial charge in [0.05, 0.1) is 7.11 Å². The minimum Gasteiger partial charge on any atom is -0.495 e. The normalized spacial score (nSPS) is 22.0. The number of methoxy groups -OCH3 is 1.